The standard InChI is InChI=1S/C54H77BF3N7O7S/c1-4-6-7-8-9-10-11-15-23-54(55,22-5-2)73-47-31-48(66)64(51(47)67)25-29-71-28-24-60-53(69)72-37-38(3)61-52(68)65(35-41-32-59-33-45(41)58)49(40-20-26-70-27-21-40)50-62-46(43-30-42(56)18-19-44(43)57)36-63(50)34-39-16-13-12-14-17-39/h12-14,16-19,30,36,38,40-41,45,47,49,59H,4-11,15,20-29,31-35,37H2,1-3H3,(H,60,69)(H,61,68)/t38-,41-,45-,47?,49+,54?/m0/s1. The summed E-state index contributed by atoms with van der Waals surface area (Å²) in [5.41, 5.74) is 1.07. The Kier molecular flexibility index (Phi) is 23.3. The van der Waals surface area contributed by atoms with Crippen LogP contribution in [-0.2, 0) is 30.3 Å². The molecule has 0 aliphatic carbocycles. The van der Waals surface area contributed by atoms with E-state index in [1.54, 1.807) is 18.0 Å². The maximum absolute atomic E-state index is 15.5. The number of imide groups is 1. The van der Waals surface area contributed by atoms with Crippen LogP contribution in [0, 0.1) is 23.5 Å². The minimum Gasteiger partial charge on any atom is -0.447 e. The van der Waals surface area contributed by atoms with Crippen molar-refractivity contribution in [3.63, 3.8) is 0 Å². The number of urea groups is 1. The first-order valence-corrected chi connectivity index (χ1v) is 27.5. The fraction of sp³-hybridized carbons (Fsp3) is 0.648. The molecule has 3 N–H and O–H groups in total. The second-order valence-electron chi connectivity index (χ2n) is 19.9. The van der Waals surface area contributed by atoms with Gasteiger partial charge >= 0.3 is 12.1 Å². The van der Waals surface area contributed by atoms with Crippen molar-refractivity contribution in [2.75, 3.05) is 65.8 Å². The van der Waals surface area contributed by atoms with E-state index in [1.165, 1.54) is 55.2 Å². The van der Waals surface area contributed by atoms with Gasteiger partial charge in [0.1, 0.15) is 30.2 Å². The summed E-state index contributed by atoms with van der Waals surface area (Å²) in [6, 6.07) is 10.8. The topological polar surface area (TPSA) is 156 Å². The molecule has 14 nitrogen and oxygen atoms in total. The first kappa shape index (κ1) is 57.7. The average Bonchev–Trinajstić information content (AvgIpc) is 4.06. The lowest BCUT2D eigenvalue weighted by Gasteiger charge is -2.40. The van der Waals surface area contributed by atoms with Crippen molar-refractivity contribution >= 4 is 43.5 Å². The van der Waals surface area contributed by atoms with Crippen LogP contribution in [0.5, 0.6) is 0 Å². The molecule has 2 radical (unpaired) electrons. The number of unbranched alkanes of at least 4 members (excludes halogenated alkanes) is 7. The molecule has 1 aromatic heterocycles. The first-order chi connectivity index (χ1) is 35.3. The summed E-state index contributed by atoms with van der Waals surface area (Å²) in [4.78, 5) is 61.6. The van der Waals surface area contributed by atoms with Gasteiger partial charge in [0.2, 0.25) is 11.8 Å². The fourth-order valence-electron chi connectivity index (χ4n) is 10.0. The number of alkyl carbamates (subject to hydrolysis) is 1. The number of carbonyl (C=O) groups excluding carboxylic acids is 4. The molecular formula is C54H77BF3N7O7S. The Balaban J connectivity index is 1.02. The number of aromatic nitrogens is 2. The van der Waals surface area contributed by atoms with Crippen LogP contribution in [-0.4, -0.2) is 139 Å². The van der Waals surface area contributed by atoms with Crippen LogP contribution in [0.2, 0.25) is 0 Å². The molecule has 5 amide bonds. The molecule has 2 aromatic carbocycles. The van der Waals surface area contributed by atoms with Gasteiger partial charge < -0.3 is 39.6 Å². The summed E-state index contributed by atoms with van der Waals surface area (Å²) in [6.07, 6.45) is 13.0. The predicted octanol–water partition coefficient (Wildman–Crippen LogP) is 9.10. The van der Waals surface area contributed by atoms with Gasteiger partial charge in [-0.3, -0.25) is 14.5 Å². The number of rotatable bonds is 30. The molecule has 2 unspecified atom stereocenters. The molecule has 3 aromatic rings. The lowest BCUT2D eigenvalue weighted by Crippen LogP contribution is -2.52. The van der Waals surface area contributed by atoms with Gasteiger partial charge in [-0.1, -0.05) is 102 Å². The monoisotopic (exact) mass is 1040 g/mol. The number of ether oxygens (including phenoxy) is 3. The predicted molar refractivity (Wildman–Crippen MR) is 279 cm³/mol. The van der Waals surface area contributed by atoms with Crippen molar-refractivity contribution in [2.24, 2.45) is 11.8 Å². The van der Waals surface area contributed by atoms with Gasteiger partial charge in [0.15, 0.2) is 0 Å². The number of amides is 5. The molecule has 3 saturated heterocycles. The van der Waals surface area contributed by atoms with Gasteiger partial charge in [0, 0.05) is 70.0 Å². The van der Waals surface area contributed by atoms with Crippen molar-refractivity contribution < 1.29 is 46.6 Å². The zero-order valence-corrected chi connectivity index (χ0v) is 43.9. The van der Waals surface area contributed by atoms with E-state index in [4.69, 9.17) is 27.0 Å². The number of nitrogens with one attached hydrogen (secondary N) is 3. The summed E-state index contributed by atoms with van der Waals surface area (Å²) in [7, 11) is 6.86. The minimum atomic E-state index is -1.22. The normalized spacial score (nSPS) is 20.0. The van der Waals surface area contributed by atoms with Gasteiger partial charge in [0.05, 0.1) is 50.6 Å². The molecule has 0 saturated carbocycles. The number of halogens is 3. The highest BCUT2D eigenvalue weighted by molar-refractivity contribution is 8.03. The number of imidazole rings is 1. The molecule has 3 aliphatic rings. The minimum absolute atomic E-state index is 0.0182. The van der Waals surface area contributed by atoms with Crippen LogP contribution in [0.3, 0.4) is 0 Å². The maximum Gasteiger partial charge on any atom is 0.407 e. The maximum atomic E-state index is 15.5. The highest BCUT2D eigenvalue weighted by Crippen LogP contribution is 2.41. The zero-order chi connectivity index (χ0) is 52.2. The van der Waals surface area contributed by atoms with Crippen LogP contribution >= 0.6 is 11.8 Å². The van der Waals surface area contributed by atoms with Crippen molar-refractivity contribution in [3.8, 4) is 11.3 Å². The second kappa shape index (κ2) is 29.5. The third-order valence-electron chi connectivity index (χ3n) is 14.0. The van der Waals surface area contributed by atoms with Crippen LogP contribution in [0.1, 0.15) is 128 Å². The second-order valence-corrected chi connectivity index (χ2v) is 21.5. The van der Waals surface area contributed by atoms with Gasteiger partial charge in [-0.2, -0.15) is 11.8 Å². The molecule has 73 heavy (non-hydrogen) atoms. The number of nitrogens with zero attached hydrogens (tertiary/aromatic N) is 4. The summed E-state index contributed by atoms with van der Waals surface area (Å²) >= 11 is 1.44. The van der Waals surface area contributed by atoms with Gasteiger partial charge in [-0.25, -0.2) is 27.7 Å². The Bertz CT molecular complexity index is 2210. The number of hydrogen-bond acceptors (Lipinski definition) is 10. The summed E-state index contributed by atoms with van der Waals surface area (Å²) in [5, 5.41) is 8.16. The largest absolute Gasteiger partial charge is 0.447 e. The molecule has 400 valence electrons. The van der Waals surface area contributed by atoms with Crippen LogP contribution in [0.4, 0.5) is 22.8 Å². The molecular weight excluding hydrogens is 959 g/mol. The van der Waals surface area contributed by atoms with E-state index in [1.807, 2.05) is 34.9 Å². The molecule has 6 atom stereocenters. The summed E-state index contributed by atoms with van der Waals surface area (Å²) < 4.78 is 63.6. The SMILES string of the molecule is [B]C(CCC)(CCCCCCCCCC)SC1CC(=O)N(CCOCCNC(=O)OC[C@H](C)NC(=O)N(C[C@@H]2CNC[C@@H]2F)[C@@H](c2nc(-c3cc(F)ccc3F)cn2Cc2ccccc2)C2CCOCC2)C1=O. The number of benzene rings is 2. The van der Waals surface area contributed by atoms with Crippen molar-refractivity contribution in [1.29, 1.82) is 0 Å². The number of carbonyl (C=O) groups is 4. The van der Waals surface area contributed by atoms with Gasteiger partial charge in [-0.05, 0) is 66.9 Å². The first-order valence-electron chi connectivity index (χ1n) is 26.6. The quantitative estimate of drug-likeness (QED) is 0.0335. The zero-order valence-electron chi connectivity index (χ0n) is 43.1. The van der Waals surface area contributed by atoms with Crippen LogP contribution in [0.15, 0.2) is 54.7 Å². The smallest absolute Gasteiger partial charge is 0.407 e. The fourth-order valence-corrected chi connectivity index (χ4v) is 11.7. The average molecular weight is 1040 g/mol. The van der Waals surface area contributed by atoms with E-state index in [-0.39, 0.29) is 81.4 Å². The van der Waals surface area contributed by atoms with Crippen molar-refractivity contribution in [3.05, 3.63) is 77.8 Å². The highest BCUT2D eigenvalue weighted by atomic mass is 32.2. The van der Waals surface area contributed by atoms with Crippen LogP contribution in [0.25, 0.3) is 11.3 Å². The number of thioether (sulfide) groups is 1. The Morgan fingerprint density at radius 1 is 0.986 bits per heavy atom. The van der Waals surface area contributed by atoms with E-state index in [0.717, 1.165) is 55.9 Å². The van der Waals surface area contributed by atoms with Crippen molar-refractivity contribution in [1.82, 2.24) is 35.3 Å². The van der Waals surface area contributed by atoms with Gasteiger partial charge in [0.25, 0.3) is 0 Å². The molecule has 4 heterocycles. The van der Waals surface area contributed by atoms with Gasteiger partial charge in [-0.15, -0.1) is 0 Å². The number of alkyl halides is 1. The van der Waals surface area contributed by atoms with E-state index in [0.29, 0.717) is 45.0 Å². The molecule has 0 spiro atoms. The number of likely N-dealkylation sites (tertiary alicyclic amines) is 1. The summed E-state index contributed by atoms with van der Waals surface area (Å²) in [6.45, 7) is 7.82. The Morgan fingerprint density at radius 3 is 2.44 bits per heavy atom. The Labute approximate surface area is 435 Å². The Morgan fingerprint density at radius 2 is 1.73 bits per heavy atom. The van der Waals surface area contributed by atoms with E-state index in [2.05, 4.69) is 29.8 Å². The number of hydrogen-bond donors (Lipinski definition) is 3. The summed E-state index contributed by atoms with van der Waals surface area (Å²) in [5.74, 6) is -2.08. The molecule has 3 fully saturated rings. The van der Waals surface area contributed by atoms with E-state index in [9.17, 15) is 23.6 Å². The third-order valence-corrected chi connectivity index (χ3v) is 15.5. The lowest BCUT2D eigenvalue weighted by atomic mass is 9.78. The van der Waals surface area contributed by atoms with Crippen LogP contribution < -0.4 is 16.0 Å². The molecule has 6 rings (SSSR count). The molecule has 19 heteroatoms. The molecule has 0 bridgehead atoms. The Hall–Kier alpha value is -4.59. The highest BCUT2D eigenvalue weighted by Gasteiger charge is 2.43. The molecule has 3 aliphatic heterocycles. The van der Waals surface area contributed by atoms with E-state index < -0.39 is 57.8 Å². The third kappa shape index (κ3) is 17.5. The lowest BCUT2D eigenvalue weighted by molar-refractivity contribution is -0.139. The van der Waals surface area contributed by atoms with E-state index >= 15 is 8.78 Å². The van der Waals surface area contributed by atoms with Crippen molar-refractivity contribution in [2.45, 2.75) is 145 Å².